The molecule has 1 unspecified atom stereocenters. The van der Waals surface area contributed by atoms with Gasteiger partial charge >= 0.3 is 0 Å². The van der Waals surface area contributed by atoms with Gasteiger partial charge in [-0.25, -0.2) is 13.4 Å². The van der Waals surface area contributed by atoms with E-state index >= 15 is 0 Å². The van der Waals surface area contributed by atoms with Gasteiger partial charge in [0.15, 0.2) is 0 Å². The van der Waals surface area contributed by atoms with Crippen molar-refractivity contribution >= 4 is 10.0 Å². The summed E-state index contributed by atoms with van der Waals surface area (Å²) in [5, 5.41) is 8.55. The summed E-state index contributed by atoms with van der Waals surface area (Å²) in [4.78, 5) is 3.68. The Balaban J connectivity index is 2.98. The van der Waals surface area contributed by atoms with Gasteiger partial charge in [0.2, 0.25) is 10.0 Å². The third-order valence-corrected chi connectivity index (χ3v) is 3.52. The lowest BCUT2D eigenvalue weighted by atomic mass is 10.3. The van der Waals surface area contributed by atoms with E-state index in [0.29, 0.717) is 6.42 Å². The summed E-state index contributed by atoms with van der Waals surface area (Å²) < 4.78 is 26.0. The molecule has 0 saturated carbocycles. The van der Waals surface area contributed by atoms with Crippen LogP contribution in [0.3, 0.4) is 0 Å². The maximum Gasteiger partial charge on any atom is 0.243 e. The molecule has 1 N–H and O–H groups in total. The predicted molar refractivity (Wildman–Crippen MR) is 62.2 cm³/mol. The van der Waals surface area contributed by atoms with E-state index in [0.717, 1.165) is 6.20 Å². The zero-order valence-electron chi connectivity index (χ0n) is 9.21. The van der Waals surface area contributed by atoms with Crippen LogP contribution in [0.5, 0.6) is 0 Å². The Morgan fingerprint density at radius 1 is 1.59 bits per heavy atom. The number of sulfonamides is 1. The summed E-state index contributed by atoms with van der Waals surface area (Å²) >= 11 is 0. The Morgan fingerprint density at radius 3 is 2.71 bits per heavy atom. The van der Waals surface area contributed by atoms with E-state index < -0.39 is 16.1 Å². The van der Waals surface area contributed by atoms with Crippen LogP contribution in [0, 0.1) is 23.7 Å². The number of nitrogens with zero attached hydrogens (tertiary/aromatic N) is 2. The number of nitrogens with one attached hydrogen (secondary N) is 1. The van der Waals surface area contributed by atoms with Crippen LogP contribution in [-0.4, -0.2) is 19.4 Å². The summed E-state index contributed by atoms with van der Waals surface area (Å²) in [6.45, 7) is 1.78. The quantitative estimate of drug-likeness (QED) is 0.794. The van der Waals surface area contributed by atoms with Crippen LogP contribution in [0.15, 0.2) is 23.2 Å². The standard InChI is InChI=1S/C11H11N3O2S/c1-3-9(4-2)14-17(15,16)11-6-5-10(7-12)13-8-11/h1,5-6,8-9,14H,4H2,2H3. The van der Waals surface area contributed by atoms with Gasteiger partial charge in [0.05, 0.1) is 6.04 Å². The summed E-state index contributed by atoms with van der Waals surface area (Å²) in [5.41, 5.74) is 0.160. The number of aromatic nitrogens is 1. The van der Waals surface area contributed by atoms with Gasteiger partial charge in [0.1, 0.15) is 16.7 Å². The number of hydrogen-bond acceptors (Lipinski definition) is 4. The highest BCUT2D eigenvalue weighted by Gasteiger charge is 2.17. The van der Waals surface area contributed by atoms with Gasteiger partial charge in [-0.05, 0) is 18.6 Å². The van der Waals surface area contributed by atoms with Crippen molar-refractivity contribution in [2.45, 2.75) is 24.3 Å². The molecule has 1 rings (SSSR count). The Labute approximate surface area is 101 Å². The first-order valence-corrected chi connectivity index (χ1v) is 6.36. The predicted octanol–water partition coefficient (Wildman–Crippen LogP) is 0.643. The fourth-order valence-electron chi connectivity index (χ4n) is 1.10. The van der Waals surface area contributed by atoms with Gasteiger partial charge in [-0.15, -0.1) is 6.42 Å². The fourth-order valence-corrected chi connectivity index (χ4v) is 2.28. The van der Waals surface area contributed by atoms with Gasteiger partial charge in [0, 0.05) is 6.20 Å². The molecule has 1 aromatic rings. The Kier molecular flexibility index (Phi) is 4.22. The maximum atomic E-state index is 11.8. The third kappa shape index (κ3) is 3.28. The average Bonchev–Trinajstić information content (AvgIpc) is 2.36. The molecule has 0 aliphatic rings. The Hall–Kier alpha value is -1.89. The molecule has 6 heteroatoms. The molecule has 1 atom stereocenters. The van der Waals surface area contributed by atoms with Crippen molar-refractivity contribution in [1.29, 1.82) is 5.26 Å². The molecule has 0 spiro atoms. The van der Waals surface area contributed by atoms with Gasteiger partial charge in [-0.2, -0.15) is 9.98 Å². The second-order valence-electron chi connectivity index (χ2n) is 3.24. The summed E-state index contributed by atoms with van der Waals surface area (Å²) in [5.74, 6) is 2.34. The first-order valence-electron chi connectivity index (χ1n) is 4.88. The molecule has 0 aliphatic heterocycles. The van der Waals surface area contributed by atoms with Crippen molar-refractivity contribution in [2.24, 2.45) is 0 Å². The molecule has 17 heavy (non-hydrogen) atoms. The molecule has 0 bridgehead atoms. The molecular weight excluding hydrogens is 238 g/mol. The van der Waals surface area contributed by atoms with Gasteiger partial charge in [-0.3, -0.25) is 0 Å². The van der Waals surface area contributed by atoms with Crippen LogP contribution < -0.4 is 4.72 Å². The number of rotatable bonds is 4. The van der Waals surface area contributed by atoms with Crippen molar-refractivity contribution < 1.29 is 8.42 Å². The normalized spacial score (nSPS) is 12.4. The van der Waals surface area contributed by atoms with Crippen molar-refractivity contribution in [2.75, 3.05) is 0 Å². The molecule has 1 heterocycles. The number of hydrogen-bond donors (Lipinski definition) is 1. The number of terminal acetylenes is 1. The van der Waals surface area contributed by atoms with Crippen LogP contribution in [-0.2, 0) is 10.0 Å². The van der Waals surface area contributed by atoms with E-state index in [4.69, 9.17) is 11.7 Å². The van der Waals surface area contributed by atoms with Crippen molar-refractivity contribution in [1.82, 2.24) is 9.71 Å². The minimum atomic E-state index is -3.67. The lowest BCUT2D eigenvalue weighted by molar-refractivity contribution is 0.570. The molecule has 0 aliphatic carbocycles. The molecular formula is C11H11N3O2S. The van der Waals surface area contributed by atoms with E-state index in [1.165, 1.54) is 12.1 Å². The molecule has 1 aromatic heterocycles. The number of nitriles is 1. The van der Waals surface area contributed by atoms with E-state index in [1.54, 1.807) is 6.92 Å². The van der Waals surface area contributed by atoms with E-state index in [9.17, 15) is 8.42 Å². The average molecular weight is 249 g/mol. The smallest absolute Gasteiger partial charge is 0.243 e. The lowest BCUT2D eigenvalue weighted by Crippen LogP contribution is -2.33. The zero-order chi connectivity index (χ0) is 12.9. The van der Waals surface area contributed by atoms with E-state index in [2.05, 4.69) is 15.6 Å². The van der Waals surface area contributed by atoms with Crippen LogP contribution in [0.2, 0.25) is 0 Å². The molecule has 0 aromatic carbocycles. The van der Waals surface area contributed by atoms with Crippen LogP contribution in [0.25, 0.3) is 0 Å². The van der Waals surface area contributed by atoms with Gasteiger partial charge in [0.25, 0.3) is 0 Å². The van der Waals surface area contributed by atoms with Crippen molar-refractivity contribution in [3.63, 3.8) is 0 Å². The SMILES string of the molecule is C#CC(CC)NS(=O)(=O)c1ccc(C#N)nc1. The first-order chi connectivity index (χ1) is 8.03. The largest absolute Gasteiger partial charge is 0.244 e. The fraction of sp³-hybridized carbons (Fsp3) is 0.273. The van der Waals surface area contributed by atoms with Crippen molar-refractivity contribution in [3.05, 3.63) is 24.0 Å². The second kappa shape index (κ2) is 5.44. The Morgan fingerprint density at radius 2 is 2.29 bits per heavy atom. The van der Waals surface area contributed by atoms with E-state index in [1.807, 2.05) is 6.07 Å². The van der Waals surface area contributed by atoms with Crippen molar-refractivity contribution in [3.8, 4) is 18.4 Å². The van der Waals surface area contributed by atoms with E-state index in [-0.39, 0.29) is 10.6 Å². The summed E-state index contributed by atoms with van der Waals surface area (Å²) in [6.07, 6.45) is 6.81. The molecule has 0 radical (unpaired) electrons. The molecule has 0 saturated heterocycles. The number of pyridine rings is 1. The molecule has 0 fully saturated rings. The monoisotopic (exact) mass is 249 g/mol. The lowest BCUT2D eigenvalue weighted by Gasteiger charge is -2.10. The van der Waals surface area contributed by atoms with Gasteiger partial charge < -0.3 is 0 Å². The second-order valence-corrected chi connectivity index (χ2v) is 4.95. The Bertz CT molecular complexity index is 564. The minimum absolute atomic E-state index is 0.00907. The highest BCUT2D eigenvalue weighted by Crippen LogP contribution is 2.08. The highest BCUT2D eigenvalue weighted by atomic mass is 32.2. The highest BCUT2D eigenvalue weighted by molar-refractivity contribution is 7.89. The summed E-state index contributed by atoms with van der Waals surface area (Å²) in [6, 6.07) is 3.92. The molecule has 0 amide bonds. The van der Waals surface area contributed by atoms with Crippen LogP contribution in [0.4, 0.5) is 0 Å². The minimum Gasteiger partial charge on any atom is -0.244 e. The van der Waals surface area contributed by atoms with Crippen LogP contribution >= 0.6 is 0 Å². The first kappa shape index (κ1) is 13.2. The van der Waals surface area contributed by atoms with Gasteiger partial charge in [-0.1, -0.05) is 12.8 Å². The third-order valence-electron chi connectivity index (χ3n) is 2.07. The maximum absolute atomic E-state index is 11.8. The molecule has 5 nitrogen and oxygen atoms in total. The summed E-state index contributed by atoms with van der Waals surface area (Å²) in [7, 11) is -3.67. The molecule has 88 valence electrons. The topological polar surface area (TPSA) is 82.9 Å². The zero-order valence-corrected chi connectivity index (χ0v) is 10.0. The van der Waals surface area contributed by atoms with Crippen LogP contribution in [0.1, 0.15) is 19.0 Å².